The van der Waals surface area contributed by atoms with E-state index >= 15 is 0 Å². The van der Waals surface area contributed by atoms with Gasteiger partial charge in [-0.05, 0) is 80.5 Å². The molecule has 2 bridgehead atoms. The predicted octanol–water partition coefficient (Wildman–Crippen LogP) is 4.46. The number of piperidine rings is 1. The van der Waals surface area contributed by atoms with Gasteiger partial charge in [-0.2, -0.15) is 0 Å². The van der Waals surface area contributed by atoms with Gasteiger partial charge in [0.15, 0.2) is 0 Å². The Morgan fingerprint density at radius 1 is 0.885 bits per heavy atom. The lowest BCUT2D eigenvalue weighted by molar-refractivity contribution is 0.0267. The van der Waals surface area contributed by atoms with Crippen LogP contribution in [-0.2, 0) is 5.60 Å². The molecule has 0 saturated carbocycles. The standard InChI is InChI=1S/C22H25F2NO/c1-25-20-10-11-21(25)13-15(12-20)14-22(26,16-2-6-18(23)7-3-16)17-4-8-19(24)9-5-17/h2-9,15,20-21,26H,10-14H2,1H3. The fraction of sp³-hybridized carbons (Fsp3) is 0.455. The molecule has 2 aromatic rings. The number of hydrogen-bond donors (Lipinski definition) is 1. The first-order chi connectivity index (χ1) is 12.5. The summed E-state index contributed by atoms with van der Waals surface area (Å²) in [5.74, 6) is -0.260. The third kappa shape index (κ3) is 3.17. The number of nitrogens with zero attached hydrogens (tertiary/aromatic N) is 1. The Balaban J connectivity index is 1.66. The summed E-state index contributed by atoms with van der Waals surface area (Å²) in [6.07, 6.45) is 5.16. The monoisotopic (exact) mass is 357 g/mol. The van der Waals surface area contributed by atoms with Crippen molar-refractivity contribution in [2.75, 3.05) is 7.05 Å². The molecule has 2 saturated heterocycles. The molecule has 138 valence electrons. The molecule has 4 rings (SSSR count). The molecule has 26 heavy (non-hydrogen) atoms. The molecule has 2 nitrogen and oxygen atoms in total. The highest BCUT2D eigenvalue weighted by Crippen LogP contribution is 2.44. The maximum atomic E-state index is 13.4. The average molecular weight is 357 g/mol. The smallest absolute Gasteiger partial charge is 0.123 e. The quantitative estimate of drug-likeness (QED) is 0.873. The molecule has 2 unspecified atom stereocenters. The Hall–Kier alpha value is -1.78. The van der Waals surface area contributed by atoms with Gasteiger partial charge in [0.05, 0.1) is 0 Å². The van der Waals surface area contributed by atoms with Crippen LogP contribution in [0, 0.1) is 17.6 Å². The first kappa shape index (κ1) is 17.6. The van der Waals surface area contributed by atoms with Crippen LogP contribution in [0.2, 0.25) is 0 Å². The average Bonchev–Trinajstić information content (AvgIpc) is 2.83. The van der Waals surface area contributed by atoms with Gasteiger partial charge < -0.3 is 10.0 Å². The zero-order chi connectivity index (χ0) is 18.3. The van der Waals surface area contributed by atoms with Gasteiger partial charge in [-0.3, -0.25) is 0 Å². The van der Waals surface area contributed by atoms with Crippen molar-refractivity contribution >= 4 is 0 Å². The molecule has 2 aromatic carbocycles. The zero-order valence-corrected chi connectivity index (χ0v) is 15.0. The number of halogens is 2. The van der Waals surface area contributed by atoms with Gasteiger partial charge >= 0.3 is 0 Å². The van der Waals surface area contributed by atoms with Crippen molar-refractivity contribution in [2.24, 2.45) is 5.92 Å². The lowest BCUT2D eigenvalue weighted by Gasteiger charge is -2.40. The Kier molecular flexibility index (Phi) is 4.57. The van der Waals surface area contributed by atoms with Gasteiger partial charge in [0, 0.05) is 12.1 Å². The van der Waals surface area contributed by atoms with Crippen molar-refractivity contribution in [1.29, 1.82) is 0 Å². The molecule has 0 aliphatic carbocycles. The molecule has 2 fully saturated rings. The van der Waals surface area contributed by atoms with Crippen LogP contribution < -0.4 is 0 Å². The van der Waals surface area contributed by atoms with Crippen molar-refractivity contribution in [3.8, 4) is 0 Å². The molecular weight excluding hydrogens is 332 g/mol. The van der Waals surface area contributed by atoms with E-state index in [1.54, 1.807) is 24.3 Å². The summed E-state index contributed by atoms with van der Waals surface area (Å²) in [6.45, 7) is 0. The summed E-state index contributed by atoms with van der Waals surface area (Å²) in [5.41, 5.74) is 0.0927. The summed E-state index contributed by atoms with van der Waals surface area (Å²) in [5, 5.41) is 11.7. The third-order valence-electron chi connectivity index (χ3n) is 6.42. The lowest BCUT2D eigenvalue weighted by atomic mass is 9.75. The van der Waals surface area contributed by atoms with Gasteiger partial charge in [0.1, 0.15) is 17.2 Å². The maximum absolute atomic E-state index is 13.4. The van der Waals surface area contributed by atoms with Gasteiger partial charge in [0.2, 0.25) is 0 Å². The SMILES string of the molecule is CN1C2CCC1CC(CC(O)(c1ccc(F)cc1)c1ccc(F)cc1)C2. The van der Waals surface area contributed by atoms with E-state index in [0.717, 1.165) is 12.8 Å². The molecule has 0 radical (unpaired) electrons. The first-order valence-electron chi connectivity index (χ1n) is 9.42. The van der Waals surface area contributed by atoms with Crippen LogP contribution in [0.25, 0.3) is 0 Å². The number of fused-ring (bicyclic) bond motifs is 2. The Labute approximate surface area is 153 Å². The Morgan fingerprint density at radius 2 is 1.31 bits per heavy atom. The van der Waals surface area contributed by atoms with Gasteiger partial charge in [0.25, 0.3) is 0 Å². The molecule has 0 spiro atoms. The second kappa shape index (κ2) is 6.75. The topological polar surface area (TPSA) is 23.5 Å². The highest BCUT2D eigenvalue weighted by Gasteiger charge is 2.42. The van der Waals surface area contributed by atoms with Crippen molar-refractivity contribution in [3.63, 3.8) is 0 Å². The number of benzene rings is 2. The van der Waals surface area contributed by atoms with E-state index in [1.807, 2.05) is 0 Å². The van der Waals surface area contributed by atoms with E-state index in [2.05, 4.69) is 11.9 Å². The molecule has 0 amide bonds. The van der Waals surface area contributed by atoms with Crippen molar-refractivity contribution in [2.45, 2.75) is 49.8 Å². The van der Waals surface area contributed by atoms with E-state index < -0.39 is 5.60 Å². The number of aliphatic hydroxyl groups is 1. The Bertz CT molecular complexity index is 699. The normalized spacial score (nSPS) is 26.2. The van der Waals surface area contributed by atoms with E-state index in [4.69, 9.17) is 0 Å². The minimum Gasteiger partial charge on any atom is -0.380 e. The van der Waals surface area contributed by atoms with Crippen LogP contribution in [0.3, 0.4) is 0 Å². The molecule has 4 heteroatoms. The molecule has 1 N–H and O–H groups in total. The zero-order valence-electron chi connectivity index (χ0n) is 15.0. The molecule has 2 heterocycles. The Morgan fingerprint density at radius 3 is 1.73 bits per heavy atom. The molecular formula is C22H25F2NO. The fourth-order valence-electron chi connectivity index (χ4n) is 4.96. The summed E-state index contributed by atoms with van der Waals surface area (Å²) in [7, 11) is 2.20. The second-order valence-corrected chi connectivity index (χ2v) is 7.97. The second-order valence-electron chi connectivity index (χ2n) is 7.97. The summed E-state index contributed by atoms with van der Waals surface area (Å²) < 4.78 is 26.8. The van der Waals surface area contributed by atoms with Crippen LogP contribution in [-0.4, -0.2) is 29.1 Å². The molecule has 2 aliphatic rings. The van der Waals surface area contributed by atoms with Gasteiger partial charge in [-0.1, -0.05) is 24.3 Å². The van der Waals surface area contributed by atoms with Crippen LogP contribution in [0.15, 0.2) is 48.5 Å². The molecule has 0 aromatic heterocycles. The van der Waals surface area contributed by atoms with Gasteiger partial charge in [-0.25, -0.2) is 8.78 Å². The largest absolute Gasteiger partial charge is 0.380 e. The number of rotatable bonds is 4. The third-order valence-corrected chi connectivity index (χ3v) is 6.42. The van der Waals surface area contributed by atoms with Crippen LogP contribution >= 0.6 is 0 Å². The van der Waals surface area contributed by atoms with Crippen LogP contribution in [0.4, 0.5) is 8.78 Å². The first-order valence-corrected chi connectivity index (χ1v) is 9.42. The number of hydrogen-bond acceptors (Lipinski definition) is 2. The van der Waals surface area contributed by atoms with E-state index in [9.17, 15) is 13.9 Å². The lowest BCUT2D eigenvalue weighted by Crippen LogP contribution is -2.42. The van der Waals surface area contributed by atoms with Crippen LogP contribution in [0.5, 0.6) is 0 Å². The van der Waals surface area contributed by atoms with Gasteiger partial charge in [-0.15, -0.1) is 0 Å². The minimum absolute atomic E-state index is 0.326. The van der Waals surface area contributed by atoms with Crippen molar-refractivity contribution < 1.29 is 13.9 Å². The van der Waals surface area contributed by atoms with E-state index in [-0.39, 0.29) is 11.6 Å². The highest BCUT2D eigenvalue weighted by molar-refractivity contribution is 5.36. The fourth-order valence-corrected chi connectivity index (χ4v) is 4.96. The van der Waals surface area contributed by atoms with E-state index in [1.165, 1.54) is 37.1 Å². The maximum Gasteiger partial charge on any atom is 0.123 e. The van der Waals surface area contributed by atoms with Crippen LogP contribution in [0.1, 0.15) is 43.2 Å². The highest BCUT2D eigenvalue weighted by atomic mass is 19.1. The molecule has 2 aliphatic heterocycles. The predicted molar refractivity (Wildman–Crippen MR) is 97.7 cm³/mol. The summed E-state index contributed by atoms with van der Waals surface area (Å²) in [4.78, 5) is 2.48. The minimum atomic E-state index is -1.23. The van der Waals surface area contributed by atoms with Crippen molar-refractivity contribution in [1.82, 2.24) is 4.90 Å². The van der Waals surface area contributed by atoms with Crippen molar-refractivity contribution in [3.05, 3.63) is 71.3 Å². The summed E-state index contributed by atoms with van der Waals surface area (Å²) in [6, 6.07) is 13.2. The molecule has 2 atom stereocenters. The summed E-state index contributed by atoms with van der Waals surface area (Å²) >= 11 is 0. The van der Waals surface area contributed by atoms with E-state index in [0.29, 0.717) is 35.5 Å².